The number of fused-ring (bicyclic) bond motifs is 3. The van der Waals surface area contributed by atoms with E-state index in [2.05, 4.69) is 47.0 Å². The molecule has 1 fully saturated rings. The quantitative estimate of drug-likeness (QED) is 0.572. The van der Waals surface area contributed by atoms with Crippen LogP contribution >= 0.6 is 15.9 Å². The molecule has 4 nitrogen and oxygen atoms in total. The molecule has 0 aromatic heterocycles. The molecule has 136 valence electrons. The zero-order chi connectivity index (χ0) is 18.7. The first-order chi connectivity index (χ1) is 11.5. The third-order valence-corrected chi connectivity index (χ3v) is 8.45. The number of carbonyl (C=O) groups excluding carboxylic acids is 1. The van der Waals surface area contributed by atoms with E-state index in [-0.39, 0.29) is 17.6 Å². The van der Waals surface area contributed by atoms with Gasteiger partial charge in [-0.3, -0.25) is 4.79 Å². The Hall–Kier alpha value is -1.11. The molecule has 1 amide bonds. The molecule has 2 heterocycles. The second-order valence-electron chi connectivity index (χ2n) is 8.61. The summed E-state index contributed by atoms with van der Waals surface area (Å²) in [6.45, 7) is 10.6. The third kappa shape index (κ3) is 2.61. The Morgan fingerprint density at radius 2 is 2.04 bits per heavy atom. The number of allylic oxidation sites excluding steroid dienone is 1. The van der Waals surface area contributed by atoms with E-state index in [0.29, 0.717) is 0 Å². The Kier molecular flexibility index (Phi) is 4.45. The maximum absolute atomic E-state index is 13.2. The lowest BCUT2D eigenvalue weighted by molar-refractivity contribution is -0.127. The van der Waals surface area contributed by atoms with Crippen LogP contribution in [-0.4, -0.2) is 43.3 Å². The number of benzene rings is 1. The standard InChI is InChI=1S/C19H27BrN2O2Si/c1-11(2)9-15(23)19-13-8-7-12(20)10-14(13)21-18(19)22(3)17(24)16(19)25(4,5)6/h7-10,15-16,18,21,23H,1-6H3/t15?,16-,18-,19-/m0/s1. The van der Waals surface area contributed by atoms with Crippen molar-refractivity contribution >= 4 is 35.6 Å². The molecule has 2 aliphatic rings. The van der Waals surface area contributed by atoms with E-state index >= 15 is 0 Å². The molecule has 6 heteroatoms. The molecule has 1 aromatic rings. The number of rotatable bonds is 3. The van der Waals surface area contributed by atoms with E-state index < -0.39 is 19.6 Å². The Morgan fingerprint density at radius 1 is 1.40 bits per heavy atom. The first-order valence-corrected chi connectivity index (χ1v) is 13.0. The molecular formula is C19H27BrN2O2Si. The molecule has 2 aliphatic heterocycles. The molecule has 0 bridgehead atoms. The molecule has 1 aromatic carbocycles. The molecule has 25 heavy (non-hydrogen) atoms. The van der Waals surface area contributed by atoms with Gasteiger partial charge in [-0.25, -0.2) is 0 Å². The number of nitrogens with one attached hydrogen (secondary N) is 1. The molecule has 1 saturated heterocycles. The van der Waals surface area contributed by atoms with E-state index in [1.807, 2.05) is 39.1 Å². The third-order valence-electron chi connectivity index (χ3n) is 5.50. The fourth-order valence-electron chi connectivity index (χ4n) is 4.73. The van der Waals surface area contributed by atoms with Gasteiger partial charge in [-0.2, -0.15) is 0 Å². The Labute approximate surface area is 159 Å². The van der Waals surface area contributed by atoms with Gasteiger partial charge < -0.3 is 15.3 Å². The van der Waals surface area contributed by atoms with Crippen molar-refractivity contribution in [3.63, 3.8) is 0 Å². The van der Waals surface area contributed by atoms with Gasteiger partial charge in [0.25, 0.3) is 0 Å². The Morgan fingerprint density at radius 3 is 2.60 bits per heavy atom. The number of likely N-dealkylation sites (N-methyl/N-ethyl adjacent to an activating group) is 1. The lowest BCUT2D eigenvalue weighted by Gasteiger charge is -2.42. The van der Waals surface area contributed by atoms with Gasteiger partial charge in [0.05, 0.1) is 19.6 Å². The molecule has 4 atom stereocenters. The van der Waals surface area contributed by atoms with Crippen molar-refractivity contribution in [3.8, 4) is 0 Å². The van der Waals surface area contributed by atoms with Gasteiger partial charge in [0.2, 0.25) is 5.91 Å². The van der Waals surface area contributed by atoms with Crippen molar-refractivity contribution in [2.75, 3.05) is 12.4 Å². The number of halogens is 1. The van der Waals surface area contributed by atoms with Crippen molar-refractivity contribution in [2.45, 2.75) is 56.7 Å². The minimum Gasteiger partial charge on any atom is -0.388 e. The second kappa shape index (κ2) is 5.96. The maximum Gasteiger partial charge on any atom is 0.225 e. The predicted molar refractivity (Wildman–Crippen MR) is 109 cm³/mol. The lowest BCUT2D eigenvalue weighted by atomic mass is 9.73. The highest BCUT2D eigenvalue weighted by Crippen LogP contribution is 2.59. The van der Waals surface area contributed by atoms with Gasteiger partial charge in [0, 0.05) is 22.7 Å². The molecule has 0 spiro atoms. The zero-order valence-electron chi connectivity index (χ0n) is 15.7. The van der Waals surface area contributed by atoms with Crippen LogP contribution in [0.2, 0.25) is 25.2 Å². The minimum absolute atomic E-state index is 0.145. The van der Waals surface area contributed by atoms with E-state index in [0.717, 1.165) is 21.3 Å². The summed E-state index contributed by atoms with van der Waals surface area (Å²) in [7, 11) is -0.0631. The van der Waals surface area contributed by atoms with Crippen LogP contribution in [0.5, 0.6) is 0 Å². The van der Waals surface area contributed by atoms with E-state index in [9.17, 15) is 9.90 Å². The number of amides is 1. The Balaban J connectivity index is 2.33. The number of aliphatic hydroxyl groups excluding tert-OH is 1. The Bertz CT molecular complexity index is 754. The average Bonchev–Trinajstić information content (AvgIpc) is 2.89. The van der Waals surface area contributed by atoms with Crippen LogP contribution in [0, 0.1) is 0 Å². The fourth-order valence-corrected chi connectivity index (χ4v) is 7.95. The van der Waals surface area contributed by atoms with E-state index in [4.69, 9.17) is 0 Å². The summed E-state index contributed by atoms with van der Waals surface area (Å²) in [4.78, 5) is 15.0. The number of carbonyl (C=O) groups is 1. The topological polar surface area (TPSA) is 52.6 Å². The molecule has 1 unspecified atom stereocenters. The molecule has 2 N–H and O–H groups in total. The number of likely N-dealkylation sites (tertiary alicyclic amines) is 1. The summed E-state index contributed by atoms with van der Waals surface area (Å²) in [6, 6.07) is 6.11. The summed E-state index contributed by atoms with van der Waals surface area (Å²) in [5.74, 6) is 0.145. The summed E-state index contributed by atoms with van der Waals surface area (Å²) in [6.07, 6.45) is 0.959. The maximum atomic E-state index is 13.2. The van der Waals surface area contributed by atoms with Crippen molar-refractivity contribution < 1.29 is 9.90 Å². The van der Waals surface area contributed by atoms with Crippen molar-refractivity contribution in [2.24, 2.45) is 0 Å². The van der Waals surface area contributed by atoms with Crippen LogP contribution in [0.25, 0.3) is 0 Å². The van der Waals surface area contributed by atoms with Crippen LogP contribution in [0.3, 0.4) is 0 Å². The van der Waals surface area contributed by atoms with Gasteiger partial charge >= 0.3 is 0 Å². The number of hydrogen-bond acceptors (Lipinski definition) is 3. The smallest absolute Gasteiger partial charge is 0.225 e. The first-order valence-electron chi connectivity index (χ1n) is 8.67. The highest BCUT2D eigenvalue weighted by atomic mass is 79.9. The SMILES string of the molecule is CC(C)=CC(O)[C@]12c3ccc(Br)cc3N[C@H]1N(C)C(=O)[C@@H]2[Si](C)(C)C. The van der Waals surface area contributed by atoms with Gasteiger partial charge in [-0.05, 0) is 31.5 Å². The number of hydrogen-bond donors (Lipinski definition) is 2. The zero-order valence-corrected chi connectivity index (χ0v) is 18.3. The van der Waals surface area contributed by atoms with Gasteiger partial charge in [-0.1, -0.05) is 53.3 Å². The lowest BCUT2D eigenvalue weighted by Crippen LogP contribution is -2.54. The van der Waals surface area contributed by atoms with E-state index in [1.54, 1.807) is 4.90 Å². The predicted octanol–water partition coefficient (Wildman–Crippen LogP) is 3.95. The largest absolute Gasteiger partial charge is 0.388 e. The summed E-state index contributed by atoms with van der Waals surface area (Å²) >= 11 is 3.53. The highest BCUT2D eigenvalue weighted by Gasteiger charge is 2.68. The first kappa shape index (κ1) is 18.7. The summed E-state index contributed by atoms with van der Waals surface area (Å²) in [5.41, 5.74) is 2.28. The van der Waals surface area contributed by atoms with Gasteiger partial charge in [0.1, 0.15) is 6.17 Å². The van der Waals surface area contributed by atoms with Crippen LogP contribution < -0.4 is 5.32 Å². The molecule has 0 aliphatic carbocycles. The molecular weight excluding hydrogens is 396 g/mol. The average molecular weight is 423 g/mol. The summed E-state index contributed by atoms with van der Waals surface area (Å²) < 4.78 is 0.990. The van der Waals surface area contributed by atoms with Crippen molar-refractivity contribution in [3.05, 3.63) is 39.9 Å². The number of aliphatic hydroxyl groups is 1. The molecule has 0 saturated carbocycles. The summed E-state index contributed by atoms with van der Waals surface area (Å²) in [5, 5.41) is 14.9. The van der Waals surface area contributed by atoms with Gasteiger partial charge in [0.15, 0.2) is 0 Å². The van der Waals surface area contributed by atoms with Crippen molar-refractivity contribution in [1.82, 2.24) is 4.90 Å². The number of anilines is 1. The minimum atomic E-state index is -1.92. The monoisotopic (exact) mass is 422 g/mol. The normalized spacial score (nSPS) is 29.1. The van der Waals surface area contributed by atoms with Crippen molar-refractivity contribution in [1.29, 1.82) is 0 Å². The molecule has 3 rings (SSSR count). The number of nitrogens with zero attached hydrogens (tertiary/aromatic N) is 1. The van der Waals surface area contributed by atoms with Crippen LogP contribution in [0.15, 0.2) is 34.3 Å². The van der Waals surface area contributed by atoms with Crippen LogP contribution in [-0.2, 0) is 10.2 Å². The fraction of sp³-hybridized carbons (Fsp3) is 0.526. The second-order valence-corrected chi connectivity index (χ2v) is 14.8. The van der Waals surface area contributed by atoms with E-state index in [1.165, 1.54) is 0 Å². The highest BCUT2D eigenvalue weighted by molar-refractivity contribution is 9.10. The molecule has 0 radical (unpaired) electrons. The van der Waals surface area contributed by atoms with Crippen LogP contribution in [0.1, 0.15) is 19.4 Å². The van der Waals surface area contributed by atoms with Crippen LogP contribution in [0.4, 0.5) is 5.69 Å². The van der Waals surface area contributed by atoms with Gasteiger partial charge in [-0.15, -0.1) is 0 Å².